The summed E-state index contributed by atoms with van der Waals surface area (Å²) in [6, 6.07) is 7.15. The molecule has 24 heavy (non-hydrogen) atoms. The highest BCUT2D eigenvalue weighted by Gasteiger charge is 2.16. The Kier molecular flexibility index (Phi) is 5.41. The van der Waals surface area contributed by atoms with Gasteiger partial charge in [0.15, 0.2) is 5.69 Å². The minimum atomic E-state index is -0.689. The lowest BCUT2D eigenvalue weighted by molar-refractivity contribution is -0.385. The van der Waals surface area contributed by atoms with Gasteiger partial charge in [0.05, 0.1) is 4.92 Å². The summed E-state index contributed by atoms with van der Waals surface area (Å²) in [7, 11) is 0. The van der Waals surface area contributed by atoms with Crippen LogP contribution in [0.1, 0.15) is 35.0 Å². The van der Waals surface area contributed by atoms with E-state index >= 15 is 0 Å². The second-order valence-electron chi connectivity index (χ2n) is 5.17. The summed E-state index contributed by atoms with van der Waals surface area (Å²) in [5, 5.41) is 14.9. The number of hydrogen-bond donors (Lipinski definition) is 0. The Morgan fingerprint density at radius 3 is 2.75 bits per heavy atom. The summed E-state index contributed by atoms with van der Waals surface area (Å²) in [6.45, 7) is 3.79. The fraction of sp³-hybridized carbons (Fsp3) is 0.312. The van der Waals surface area contributed by atoms with Crippen molar-refractivity contribution in [2.75, 3.05) is 0 Å². The van der Waals surface area contributed by atoms with Crippen molar-refractivity contribution in [3.8, 4) is 0 Å². The van der Waals surface area contributed by atoms with Gasteiger partial charge in [0.1, 0.15) is 6.61 Å². The minimum absolute atomic E-state index is 0.0196. The van der Waals surface area contributed by atoms with Gasteiger partial charge in [-0.25, -0.2) is 9.48 Å². The van der Waals surface area contributed by atoms with Crippen molar-refractivity contribution in [3.05, 3.63) is 67.6 Å². The third-order valence-electron chi connectivity index (χ3n) is 3.48. The van der Waals surface area contributed by atoms with Crippen LogP contribution in [-0.4, -0.2) is 20.7 Å². The fourth-order valence-corrected chi connectivity index (χ4v) is 2.17. The highest BCUT2D eigenvalue weighted by Crippen LogP contribution is 2.21. The van der Waals surface area contributed by atoms with E-state index in [0.29, 0.717) is 24.1 Å². The molecule has 0 radical (unpaired) electrons. The van der Waals surface area contributed by atoms with Gasteiger partial charge in [-0.15, -0.1) is 0 Å². The molecule has 1 aromatic carbocycles. The van der Waals surface area contributed by atoms with Crippen molar-refractivity contribution in [1.29, 1.82) is 0 Å². The van der Waals surface area contributed by atoms with Crippen molar-refractivity contribution in [3.63, 3.8) is 0 Å². The van der Waals surface area contributed by atoms with Crippen molar-refractivity contribution in [2.24, 2.45) is 0 Å². The average Bonchev–Trinajstić information content (AvgIpc) is 2.55. The number of aromatic nitrogens is 2. The molecule has 0 atom stereocenters. The molecule has 0 spiro atoms. The Morgan fingerprint density at radius 1 is 1.33 bits per heavy atom. The lowest BCUT2D eigenvalue weighted by Gasteiger charge is -2.08. The molecule has 0 aliphatic carbocycles. The van der Waals surface area contributed by atoms with Gasteiger partial charge in [0, 0.05) is 24.2 Å². The van der Waals surface area contributed by atoms with E-state index in [0.717, 1.165) is 0 Å². The third kappa shape index (κ3) is 3.83. The van der Waals surface area contributed by atoms with Crippen LogP contribution < -0.4 is 5.56 Å². The van der Waals surface area contributed by atoms with Crippen LogP contribution in [0.5, 0.6) is 0 Å². The fourth-order valence-electron chi connectivity index (χ4n) is 2.17. The summed E-state index contributed by atoms with van der Waals surface area (Å²) >= 11 is 0. The van der Waals surface area contributed by atoms with Crippen LogP contribution in [0.4, 0.5) is 5.69 Å². The molecule has 126 valence electrons. The monoisotopic (exact) mass is 331 g/mol. The predicted octanol–water partition coefficient (Wildman–Crippen LogP) is 2.23. The first-order valence-electron chi connectivity index (χ1n) is 7.42. The topological polar surface area (TPSA) is 104 Å². The van der Waals surface area contributed by atoms with Gasteiger partial charge in [0.25, 0.3) is 11.2 Å². The van der Waals surface area contributed by atoms with Crippen LogP contribution in [-0.2, 0) is 17.9 Å². The normalized spacial score (nSPS) is 10.4. The first-order chi connectivity index (χ1) is 11.4. The molecule has 0 N–H and O–H groups in total. The number of nitrogens with zero attached hydrogens (tertiary/aromatic N) is 3. The molecule has 0 fully saturated rings. The van der Waals surface area contributed by atoms with Crippen LogP contribution in [0.15, 0.2) is 35.1 Å². The largest absolute Gasteiger partial charge is 0.456 e. The summed E-state index contributed by atoms with van der Waals surface area (Å²) in [5.74, 6) is -0.689. The van der Waals surface area contributed by atoms with Crippen LogP contribution in [0.3, 0.4) is 0 Å². The first-order valence-corrected chi connectivity index (χ1v) is 7.42. The molecule has 8 heteroatoms. The number of rotatable bonds is 6. The molecule has 0 saturated heterocycles. The molecular formula is C16H17N3O5. The summed E-state index contributed by atoms with van der Waals surface area (Å²) < 4.78 is 6.37. The number of ether oxygens (including phenoxy) is 1. The van der Waals surface area contributed by atoms with Gasteiger partial charge in [-0.2, -0.15) is 5.10 Å². The lowest BCUT2D eigenvalue weighted by Crippen LogP contribution is -2.24. The molecule has 2 aromatic rings. The molecule has 8 nitrogen and oxygen atoms in total. The summed E-state index contributed by atoms with van der Waals surface area (Å²) in [4.78, 5) is 34.1. The maximum absolute atomic E-state index is 12.1. The second-order valence-corrected chi connectivity index (χ2v) is 5.17. The predicted molar refractivity (Wildman–Crippen MR) is 85.7 cm³/mol. The van der Waals surface area contributed by atoms with E-state index in [1.165, 1.54) is 28.9 Å². The SMILES string of the molecule is CCCn1nc(C(=O)OCc2cccc([N+](=O)[O-])c2C)ccc1=O. The molecule has 1 heterocycles. The molecule has 0 unspecified atom stereocenters. The van der Waals surface area contributed by atoms with E-state index in [4.69, 9.17) is 4.74 Å². The van der Waals surface area contributed by atoms with E-state index < -0.39 is 10.9 Å². The van der Waals surface area contributed by atoms with Crippen LogP contribution in [0, 0.1) is 17.0 Å². The Morgan fingerprint density at radius 2 is 2.08 bits per heavy atom. The van der Waals surface area contributed by atoms with Crippen molar-refractivity contribution < 1.29 is 14.5 Å². The van der Waals surface area contributed by atoms with Crippen LogP contribution >= 0.6 is 0 Å². The maximum Gasteiger partial charge on any atom is 0.359 e. The van der Waals surface area contributed by atoms with Crippen molar-refractivity contribution in [1.82, 2.24) is 9.78 Å². The highest BCUT2D eigenvalue weighted by atomic mass is 16.6. The zero-order chi connectivity index (χ0) is 17.7. The Labute approximate surface area is 137 Å². The molecule has 2 rings (SSSR count). The van der Waals surface area contributed by atoms with Gasteiger partial charge >= 0.3 is 5.97 Å². The number of esters is 1. The minimum Gasteiger partial charge on any atom is -0.456 e. The number of carbonyl (C=O) groups is 1. The van der Waals surface area contributed by atoms with Gasteiger partial charge in [-0.1, -0.05) is 19.1 Å². The molecule has 1 aromatic heterocycles. The molecule has 0 amide bonds. The average molecular weight is 331 g/mol. The second kappa shape index (κ2) is 7.49. The molecular weight excluding hydrogens is 314 g/mol. The Balaban J connectivity index is 2.14. The number of hydrogen-bond acceptors (Lipinski definition) is 6. The highest BCUT2D eigenvalue weighted by molar-refractivity contribution is 5.86. The van der Waals surface area contributed by atoms with Gasteiger partial charge in [-0.3, -0.25) is 14.9 Å². The third-order valence-corrected chi connectivity index (χ3v) is 3.48. The molecule has 0 saturated carbocycles. The van der Waals surface area contributed by atoms with E-state index in [9.17, 15) is 19.7 Å². The number of nitro groups is 1. The Hall–Kier alpha value is -3.03. The zero-order valence-electron chi connectivity index (χ0n) is 13.4. The van der Waals surface area contributed by atoms with Crippen LogP contribution in [0.2, 0.25) is 0 Å². The van der Waals surface area contributed by atoms with E-state index in [1.807, 2.05) is 6.92 Å². The van der Waals surface area contributed by atoms with Crippen molar-refractivity contribution >= 4 is 11.7 Å². The summed E-state index contributed by atoms with van der Waals surface area (Å²) in [6.07, 6.45) is 0.707. The standard InChI is InChI=1S/C16H17N3O5/c1-3-9-18-15(20)8-7-13(17-18)16(21)24-10-12-5-4-6-14(11(12)2)19(22)23/h4-8H,3,9-10H2,1-2H3. The molecule has 0 aliphatic heterocycles. The first kappa shape index (κ1) is 17.3. The van der Waals surface area contributed by atoms with Gasteiger partial charge in [0.2, 0.25) is 0 Å². The summed E-state index contributed by atoms with van der Waals surface area (Å²) in [5.41, 5.74) is 0.686. The van der Waals surface area contributed by atoms with Gasteiger partial charge in [-0.05, 0) is 25.0 Å². The van der Waals surface area contributed by atoms with Crippen molar-refractivity contribution in [2.45, 2.75) is 33.4 Å². The van der Waals surface area contributed by atoms with Gasteiger partial charge < -0.3 is 4.74 Å². The zero-order valence-corrected chi connectivity index (χ0v) is 13.4. The molecule has 0 bridgehead atoms. The number of benzene rings is 1. The van der Waals surface area contributed by atoms with E-state index in [-0.39, 0.29) is 23.5 Å². The molecule has 0 aliphatic rings. The van der Waals surface area contributed by atoms with E-state index in [2.05, 4.69) is 5.10 Å². The maximum atomic E-state index is 12.1. The Bertz CT molecular complexity index is 829. The smallest absolute Gasteiger partial charge is 0.359 e. The number of nitro benzene ring substituents is 1. The van der Waals surface area contributed by atoms with E-state index in [1.54, 1.807) is 13.0 Å². The quantitative estimate of drug-likeness (QED) is 0.456. The lowest BCUT2D eigenvalue weighted by atomic mass is 10.1. The number of aryl methyl sites for hydroxylation is 1. The number of carbonyl (C=O) groups excluding carboxylic acids is 1. The van der Waals surface area contributed by atoms with Crippen LogP contribution in [0.25, 0.3) is 0 Å².